The van der Waals surface area contributed by atoms with Gasteiger partial charge in [0.05, 0.1) is 19.1 Å². The molecule has 0 saturated carbocycles. The molecule has 1 heterocycles. The summed E-state index contributed by atoms with van der Waals surface area (Å²) in [5, 5.41) is 0. The maximum absolute atomic E-state index is 12.6. The molecule has 2 rings (SSSR count). The molecule has 0 spiro atoms. The maximum Gasteiger partial charge on any atom is 0.243 e. The van der Waals surface area contributed by atoms with E-state index < -0.39 is 10.0 Å². The monoisotopic (exact) mass is 299 g/mol. The molecule has 0 unspecified atom stereocenters. The molecule has 1 saturated heterocycles. The van der Waals surface area contributed by atoms with E-state index >= 15 is 0 Å². The number of nitrogens with zero attached hydrogens (tertiary/aromatic N) is 1. The summed E-state index contributed by atoms with van der Waals surface area (Å²) in [6.07, 6.45) is 1.99. The number of ether oxygens (including phenoxy) is 2. The summed E-state index contributed by atoms with van der Waals surface area (Å²) in [4.78, 5) is 0.254. The molecule has 0 aromatic heterocycles. The highest BCUT2D eigenvalue weighted by atomic mass is 32.2. The Kier molecular flexibility index (Phi) is 4.55. The van der Waals surface area contributed by atoms with E-state index in [0.717, 1.165) is 12.8 Å². The second-order valence-corrected chi connectivity index (χ2v) is 7.07. The van der Waals surface area contributed by atoms with Gasteiger partial charge < -0.3 is 9.47 Å². The maximum atomic E-state index is 12.6. The third kappa shape index (κ3) is 2.91. The molecule has 1 aromatic carbocycles. The Bertz CT molecular complexity index is 571. The topological polar surface area (TPSA) is 55.8 Å². The standard InChI is InChI=1S/C14H21NO4S/c1-11-5-4-8-15(10-11)20(16,17)12-6-7-13(18-2)14(9-12)19-3/h6-7,9,11H,4-5,8,10H2,1-3H3/t11-/m1/s1. The third-order valence-corrected chi connectivity index (χ3v) is 5.47. The fraction of sp³-hybridized carbons (Fsp3) is 0.571. The molecular weight excluding hydrogens is 278 g/mol. The number of benzene rings is 1. The largest absolute Gasteiger partial charge is 0.493 e. The highest BCUT2D eigenvalue weighted by molar-refractivity contribution is 7.89. The first-order valence-corrected chi connectivity index (χ1v) is 8.15. The van der Waals surface area contributed by atoms with Crippen molar-refractivity contribution < 1.29 is 17.9 Å². The Morgan fingerprint density at radius 3 is 2.50 bits per heavy atom. The molecule has 1 atom stereocenters. The Hall–Kier alpha value is -1.27. The third-order valence-electron chi connectivity index (χ3n) is 3.61. The highest BCUT2D eigenvalue weighted by Gasteiger charge is 2.29. The van der Waals surface area contributed by atoms with Crippen molar-refractivity contribution in [2.24, 2.45) is 5.92 Å². The predicted octanol–water partition coefficient (Wildman–Crippen LogP) is 2.12. The van der Waals surface area contributed by atoms with Crippen LogP contribution in [0.3, 0.4) is 0 Å². The molecule has 0 radical (unpaired) electrons. The highest BCUT2D eigenvalue weighted by Crippen LogP contribution is 2.31. The minimum Gasteiger partial charge on any atom is -0.493 e. The van der Waals surface area contributed by atoms with E-state index in [1.165, 1.54) is 20.3 Å². The Labute approximate surface area is 120 Å². The molecule has 0 amide bonds. The molecule has 0 bridgehead atoms. The minimum atomic E-state index is -3.45. The fourth-order valence-corrected chi connectivity index (χ4v) is 4.10. The molecule has 1 aromatic rings. The van der Waals surface area contributed by atoms with Gasteiger partial charge in [-0.2, -0.15) is 4.31 Å². The zero-order valence-corrected chi connectivity index (χ0v) is 12.9. The van der Waals surface area contributed by atoms with E-state index in [-0.39, 0.29) is 4.90 Å². The van der Waals surface area contributed by atoms with Crippen molar-refractivity contribution in [1.29, 1.82) is 0 Å². The predicted molar refractivity (Wildman–Crippen MR) is 76.7 cm³/mol. The van der Waals surface area contributed by atoms with Crippen molar-refractivity contribution in [3.05, 3.63) is 18.2 Å². The van der Waals surface area contributed by atoms with Crippen LogP contribution >= 0.6 is 0 Å². The molecule has 1 aliphatic rings. The zero-order valence-electron chi connectivity index (χ0n) is 12.1. The van der Waals surface area contributed by atoms with Crippen LogP contribution in [0.5, 0.6) is 11.5 Å². The molecule has 0 aliphatic carbocycles. The summed E-state index contributed by atoms with van der Waals surface area (Å²) in [5.41, 5.74) is 0. The van der Waals surface area contributed by atoms with Crippen LogP contribution in [0.15, 0.2) is 23.1 Å². The van der Waals surface area contributed by atoms with Crippen molar-refractivity contribution in [2.75, 3.05) is 27.3 Å². The summed E-state index contributed by atoms with van der Waals surface area (Å²) in [5.74, 6) is 1.36. The van der Waals surface area contributed by atoms with E-state index in [2.05, 4.69) is 6.92 Å². The first-order valence-electron chi connectivity index (χ1n) is 6.71. The van der Waals surface area contributed by atoms with Gasteiger partial charge in [-0.15, -0.1) is 0 Å². The molecule has 112 valence electrons. The molecule has 0 N–H and O–H groups in total. The van der Waals surface area contributed by atoms with Gasteiger partial charge in [0.25, 0.3) is 0 Å². The lowest BCUT2D eigenvalue weighted by atomic mass is 10.0. The molecule has 5 nitrogen and oxygen atoms in total. The minimum absolute atomic E-state index is 0.254. The summed E-state index contributed by atoms with van der Waals surface area (Å²) < 4.78 is 37.1. The average molecular weight is 299 g/mol. The van der Waals surface area contributed by atoms with Gasteiger partial charge in [-0.05, 0) is 30.9 Å². The average Bonchev–Trinajstić information content (AvgIpc) is 2.46. The number of hydrogen-bond acceptors (Lipinski definition) is 4. The fourth-order valence-electron chi connectivity index (χ4n) is 2.49. The van der Waals surface area contributed by atoms with Crippen LogP contribution in [0.1, 0.15) is 19.8 Å². The van der Waals surface area contributed by atoms with Gasteiger partial charge in [0, 0.05) is 19.2 Å². The Morgan fingerprint density at radius 2 is 1.90 bits per heavy atom. The van der Waals surface area contributed by atoms with Gasteiger partial charge in [0.2, 0.25) is 10.0 Å². The van der Waals surface area contributed by atoms with Crippen LogP contribution in [0, 0.1) is 5.92 Å². The van der Waals surface area contributed by atoms with E-state index in [9.17, 15) is 8.42 Å². The Balaban J connectivity index is 2.34. The molecule has 1 aliphatic heterocycles. The van der Waals surface area contributed by atoms with Crippen LogP contribution in [0.4, 0.5) is 0 Å². The summed E-state index contributed by atoms with van der Waals surface area (Å²) in [7, 11) is -0.431. The van der Waals surface area contributed by atoms with Crippen molar-refractivity contribution >= 4 is 10.0 Å². The lowest BCUT2D eigenvalue weighted by Crippen LogP contribution is -2.39. The molecular formula is C14H21NO4S. The zero-order chi connectivity index (χ0) is 14.8. The van der Waals surface area contributed by atoms with E-state index in [0.29, 0.717) is 30.5 Å². The van der Waals surface area contributed by atoms with Crippen LogP contribution < -0.4 is 9.47 Å². The first-order chi connectivity index (χ1) is 9.48. The first kappa shape index (κ1) is 15.1. The summed E-state index contributed by atoms with van der Waals surface area (Å²) in [6.45, 7) is 3.24. The second kappa shape index (κ2) is 6.01. The second-order valence-electron chi connectivity index (χ2n) is 5.13. The lowest BCUT2D eigenvalue weighted by molar-refractivity contribution is 0.281. The SMILES string of the molecule is COc1ccc(S(=O)(=O)N2CCC[C@@H](C)C2)cc1OC. The van der Waals surface area contributed by atoms with Crippen LogP contribution in [-0.2, 0) is 10.0 Å². The van der Waals surface area contributed by atoms with Gasteiger partial charge in [-0.25, -0.2) is 8.42 Å². The smallest absolute Gasteiger partial charge is 0.243 e. The van der Waals surface area contributed by atoms with Gasteiger partial charge in [-0.1, -0.05) is 6.92 Å². The van der Waals surface area contributed by atoms with Crippen molar-refractivity contribution in [1.82, 2.24) is 4.31 Å². The van der Waals surface area contributed by atoms with Gasteiger partial charge in [0.1, 0.15) is 0 Å². The quantitative estimate of drug-likeness (QED) is 0.854. The Morgan fingerprint density at radius 1 is 1.20 bits per heavy atom. The number of piperidine rings is 1. The summed E-state index contributed by atoms with van der Waals surface area (Å²) in [6, 6.07) is 4.71. The van der Waals surface area contributed by atoms with Crippen LogP contribution in [0.2, 0.25) is 0 Å². The normalized spacial score (nSPS) is 20.6. The summed E-state index contributed by atoms with van der Waals surface area (Å²) >= 11 is 0. The molecule has 1 fully saturated rings. The van der Waals surface area contributed by atoms with Crippen molar-refractivity contribution in [3.63, 3.8) is 0 Å². The van der Waals surface area contributed by atoms with Gasteiger partial charge in [0.15, 0.2) is 11.5 Å². The number of hydrogen-bond donors (Lipinski definition) is 0. The number of methoxy groups -OCH3 is 2. The van der Waals surface area contributed by atoms with Crippen molar-refractivity contribution in [2.45, 2.75) is 24.7 Å². The number of rotatable bonds is 4. The van der Waals surface area contributed by atoms with Crippen LogP contribution in [0.25, 0.3) is 0 Å². The van der Waals surface area contributed by atoms with Gasteiger partial charge in [-0.3, -0.25) is 0 Å². The van der Waals surface area contributed by atoms with Crippen molar-refractivity contribution in [3.8, 4) is 11.5 Å². The van der Waals surface area contributed by atoms with E-state index in [4.69, 9.17) is 9.47 Å². The van der Waals surface area contributed by atoms with Gasteiger partial charge >= 0.3 is 0 Å². The van der Waals surface area contributed by atoms with E-state index in [1.54, 1.807) is 16.4 Å². The number of sulfonamides is 1. The molecule has 20 heavy (non-hydrogen) atoms. The van der Waals surface area contributed by atoms with Crippen LogP contribution in [-0.4, -0.2) is 40.0 Å². The molecule has 6 heteroatoms. The lowest BCUT2D eigenvalue weighted by Gasteiger charge is -2.30. The van der Waals surface area contributed by atoms with E-state index in [1.807, 2.05) is 0 Å².